The number of rotatable bonds is 4. The van der Waals surface area contributed by atoms with E-state index in [0.717, 1.165) is 41.6 Å². The molecular weight excluding hydrogens is 372 g/mol. The summed E-state index contributed by atoms with van der Waals surface area (Å²) < 4.78 is 28.0. The van der Waals surface area contributed by atoms with Gasteiger partial charge in [0, 0.05) is 29.6 Å². The van der Waals surface area contributed by atoms with Crippen molar-refractivity contribution in [1.82, 2.24) is 14.3 Å². The number of hydrogen-bond acceptors (Lipinski definition) is 5. The maximum atomic E-state index is 13.3. The summed E-state index contributed by atoms with van der Waals surface area (Å²) in [4.78, 5) is 5.05. The van der Waals surface area contributed by atoms with Crippen LogP contribution in [0.25, 0.3) is 21.8 Å². The molecule has 0 aliphatic carbocycles. The van der Waals surface area contributed by atoms with Gasteiger partial charge >= 0.3 is 0 Å². The molecule has 1 fully saturated rings. The molecule has 3 heterocycles. The van der Waals surface area contributed by atoms with Gasteiger partial charge in [-0.15, -0.1) is 0 Å². The van der Waals surface area contributed by atoms with Crippen LogP contribution >= 0.6 is 0 Å². The number of nitrogens with one attached hydrogen (secondary N) is 2. The van der Waals surface area contributed by atoms with Crippen LogP contribution in [0.15, 0.2) is 71.8 Å². The molecule has 2 aromatic heterocycles. The topological polar surface area (TPSA) is 76.0 Å². The van der Waals surface area contributed by atoms with Crippen molar-refractivity contribution in [2.24, 2.45) is 0 Å². The molecule has 1 aliphatic rings. The summed E-state index contributed by atoms with van der Waals surface area (Å²) >= 11 is 0. The zero-order valence-corrected chi connectivity index (χ0v) is 16.0. The lowest BCUT2D eigenvalue weighted by Gasteiger charge is -2.15. The van der Waals surface area contributed by atoms with Crippen molar-refractivity contribution in [3.63, 3.8) is 0 Å². The van der Waals surface area contributed by atoms with Gasteiger partial charge in [0.15, 0.2) is 0 Å². The molecule has 0 amide bonds. The Kier molecular flexibility index (Phi) is 4.07. The molecule has 2 N–H and O–H groups in total. The minimum atomic E-state index is -3.71. The summed E-state index contributed by atoms with van der Waals surface area (Å²) in [6.07, 6.45) is 2.64. The van der Waals surface area contributed by atoms with E-state index in [4.69, 9.17) is 4.98 Å². The fraction of sp³-hybridized carbons (Fsp3) is 0.190. The highest BCUT2D eigenvalue weighted by molar-refractivity contribution is 7.90. The highest BCUT2D eigenvalue weighted by atomic mass is 32.2. The summed E-state index contributed by atoms with van der Waals surface area (Å²) in [5.74, 6) is 0.726. The molecule has 0 bridgehead atoms. The minimum absolute atomic E-state index is 0.267. The van der Waals surface area contributed by atoms with Crippen molar-refractivity contribution < 1.29 is 8.42 Å². The number of aromatic nitrogens is 2. The highest BCUT2D eigenvalue weighted by Crippen LogP contribution is 2.33. The number of benzene rings is 2. The van der Waals surface area contributed by atoms with Gasteiger partial charge in [-0.25, -0.2) is 17.4 Å². The molecule has 5 rings (SSSR count). The lowest BCUT2D eigenvalue weighted by molar-refractivity contribution is 0.589. The molecule has 142 valence electrons. The molecule has 1 aliphatic heterocycles. The molecule has 28 heavy (non-hydrogen) atoms. The average molecular weight is 392 g/mol. The van der Waals surface area contributed by atoms with E-state index in [1.165, 1.54) is 3.97 Å². The van der Waals surface area contributed by atoms with E-state index >= 15 is 0 Å². The third-order valence-corrected chi connectivity index (χ3v) is 6.89. The van der Waals surface area contributed by atoms with Gasteiger partial charge in [-0.05, 0) is 37.2 Å². The van der Waals surface area contributed by atoms with Crippen molar-refractivity contribution in [2.75, 3.05) is 18.4 Å². The first kappa shape index (κ1) is 17.2. The van der Waals surface area contributed by atoms with Gasteiger partial charge in [0.2, 0.25) is 0 Å². The second-order valence-corrected chi connectivity index (χ2v) is 8.82. The third-order valence-electron chi connectivity index (χ3n) is 5.20. The van der Waals surface area contributed by atoms with Crippen LogP contribution < -0.4 is 10.6 Å². The van der Waals surface area contributed by atoms with E-state index in [1.807, 2.05) is 36.4 Å². The Hall–Kier alpha value is -2.90. The largest absolute Gasteiger partial charge is 0.365 e. The summed E-state index contributed by atoms with van der Waals surface area (Å²) in [6.45, 7) is 1.84. The molecule has 1 atom stereocenters. The molecule has 2 aromatic carbocycles. The smallest absolute Gasteiger partial charge is 0.268 e. The second kappa shape index (κ2) is 6.61. The Morgan fingerprint density at radius 2 is 1.79 bits per heavy atom. The van der Waals surface area contributed by atoms with Gasteiger partial charge in [-0.3, -0.25) is 0 Å². The predicted molar refractivity (Wildman–Crippen MR) is 111 cm³/mol. The van der Waals surface area contributed by atoms with Crippen LogP contribution in [0, 0.1) is 0 Å². The van der Waals surface area contributed by atoms with E-state index in [9.17, 15) is 8.42 Å². The molecule has 1 saturated heterocycles. The molecule has 7 heteroatoms. The fourth-order valence-electron chi connectivity index (χ4n) is 3.81. The summed E-state index contributed by atoms with van der Waals surface area (Å²) in [7, 11) is -3.71. The zero-order valence-electron chi connectivity index (χ0n) is 15.2. The van der Waals surface area contributed by atoms with Crippen molar-refractivity contribution in [1.29, 1.82) is 0 Å². The Bertz CT molecular complexity index is 1260. The SMILES string of the molecule is O=S(=O)(c1ccccc1)n1ccc2c(N[C@H]3CCNC3)nc3ccccc3c21. The van der Waals surface area contributed by atoms with E-state index < -0.39 is 10.0 Å². The third kappa shape index (κ3) is 2.75. The molecule has 0 unspecified atom stereocenters. The highest BCUT2D eigenvalue weighted by Gasteiger charge is 2.23. The number of fused-ring (bicyclic) bond motifs is 3. The first-order valence-electron chi connectivity index (χ1n) is 9.32. The van der Waals surface area contributed by atoms with Crippen molar-refractivity contribution >= 4 is 37.6 Å². The van der Waals surface area contributed by atoms with E-state index in [-0.39, 0.29) is 10.9 Å². The van der Waals surface area contributed by atoms with E-state index in [0.29, 0.717) is 5.52 Å². The zero-order chi connectivity index (χ0) is 19.1. The summed E-state index contributed by atoms with van der Waals surface area (Å²) in [6, 6.07) is 18.3. The lowest BCUT2D eigenvalue weighted by Crippen LogP contribution is -2.22. The van der Waals surface area contributed by atoms with Crippen LogP contribution in [0.5, 0.6) is 0 Å². The van der Waals surface area contributed by atoms with Crippen LogP contribution in [0.2, 0.25) is 0 Å². The number of pyridine rings is 1. The van der Waals surface area contributed by atoms with Gasteiger partial charge in [0.1, 0.15) is 5.82 Å². The number of nitrogens with zero attached hydrogens (tertiary/aromatic N) is 2. The normalized spacial score (nSPS) is 17.4. The standard InChI is InChI=1S/C21H20N4O2S/c26-28(27,16-6-2-1-3-7-16)25-13-11-18-20(25)17-8-4-5-9-19(17)24-21(18)23-15-10-12-22-14-15/h1-9,11,13,15,22H,10,12,14H2,(H,23,24)/t15-/m0/s1. The van der Waals surface area contributed by atoms with Gasteiger partial charge in [0.05, 0.1) is 15.9 Å². The number of hydrogen-bond donors (Lipinski definition) is 2. The fourth-order valence-corrected chi connectivity index (χ4v) is 5.20. The first-order valence-corrected chi connectivity index (χ1v) is 10.8. The molecule has 4 aromatic rings. The number of anilines is 1. The minimum Gasteiger partial charge on any atom is -0.365 e. The van der Waals surface area contributed by atoms with Crippen LogP contribution in [0.1, 0.15) is 6.42 Å². The Labute approximate surface area is 163 Å². The first-order chi connectivity index (χ1) is 13.6. The van der Waals surface area contributed by atoms with Gasteiger partial charge < -0.3 is 10.6 Å². The quantitative estimate of drug-likeness (QED) is 0.558. The molecule has 0 spiro atoms. The molecule has 0 saturated carbocycles. The molecule has 0 radical (unpaired) electrons. The van der Waals surface area contributed by atoms with Gasteiger partial charge in [-0.1, -0.05) is 36.4 Å². The maximum absolute atomic E-state index is 13.3. The monoisotopic (exact) mass is 392 g/mol. The van der Waals surface area contributed by atoms with Crippen molar-refractivity contribution in [2.45, 2.75) is 17.4 Å². The van der Waals surface area contributed by atoms with Gasteiger partial charge in [0.25, 0.3) is 10.0 Å². The Balaban J connectivity index is 1.77. The molecule has 6 nitrogen and oxygen atoms in total. The van der Waals surface area contributed by atoms with Crippen LogP contribution in [-0.4, -0.2) is 36.5 Å². The van der Waals surface area contributed by atoms with Crippen molar-refractivity contribution in [3.8, 4) is 0 Å². The molecular formula is C21H20N4O2S. The van der Waals surface area contributed by atoms with Crippen molar-refractivity contribution in [3.05, 3.63) is 66.9 Å². The van der Waals surface area contributed by atoms with E-state index in [1.54, 1.807) is 30.5 Å². The lowest BCUT2D eigenvalue weighted by atomic mass is 10.1. The summed E-state index contributed by atoms with van der Waals surface area (Å²) in [5, 5.41) is 8.46. The van der Waals surface area contributed by atoms with Gasteiger partial charge in [-0.2, -0.15) is 0 Å². The van der Waals surface area contributed by atoms with E-state index in [2.05, 4.69) is 10.6 Å². The second-order valence-electron chi connectivity index (χ2n) is 7.00. The van der Waals surface area contributed by atoms with Crippen LogP contribution in [0.3, 0.4) is 0 Å². The Morgan fingerprint density at radius 1 is 1.00 bits per heavy atom. The average Bonchev–Trinajstić information content (AvgIpc) is 3.39. The maximum Gasteiger partial charge on any atom is 0.268 e. The van der Waals surface area contributed by atoms with Crippen LogP contribution in [-0.2, 0) is 10.0 Å². The van der Waals surface area contributed by atoms with Crippen LogP contribution in [0.4, 0.5) is 5.82 Å². The summed E-state index contributed by atoms with van der Waals surface area (Å²) in [5.41, 5.74) is 1.43. The number of para-hydroxylation sites is 1. The predicted octanol–water partition coefficient (Wildman–Crippen LogP) is 3.20. The Morgan fingerprint density at radius 3 is 2.57 bits per heavy atom.